The maximum atomic E-state index is 12.6. The van der Waals surface area contributed by atoms with Gasteiger partial charge in [0.05, 0.1) is 11.3 Å². The first kappa shape index (κ1) is 23.3. The molecule has 0 aliphatic carbocycles. The first-order valence-electron chi connectivity index (χ1n) is 9.84. The van der Waals surface area contributed by atoms with Gasteiger partial charge in [-0.05, 0) is 58.5 Å². The monoisotopic (exact) mass is 427 g/mol. The summed E-state index contributed by atoms with van der Waals surface area (Å²) in [6, 6.07) is 4.79. The third-order valence-electron chi connectivity index (χ3n) is 4.61. The summed E-state index contributed by atoms with van der Waals surface area (Å²) in [7, 11) is 2.17. The van der Waals surface area contributed by atoms with Crippen molar-refractivity contribution in [1.82, 2.24) is 15.2 Å². The molecule has 1 N–H and O–H groups in total. The van der Waals surface area contributed by atoms with Crippen LogP contribution in [0.15, 0.2) is 24.3 Å². The van der Waals surface area contributed by atoms with E-state index in [4.69, 9.17) is 0 Å². The van der Waals surface area contributed by atoms with E-state index in [0.717, 1.165) is 25.0 Å². The number of likely N-dealkylation sites (tertiary alicyclic amines) is 1. The van der Waals surface area contributed by atoms with E-state index in [9.17, 15) is 18.0 Å². The summed E-state index contributed by atoms with van der Waals surface area (Å²) >= 11 is 1.19. The Kier molecular flexibility index (Phi) is 8.64. The molecule has 3 rings (SSSR count). The Hall–Kier alpha value is -1.93. The molecule has 1 aliphatic rings. The Bertz CT molecular complexity index is 781. The molecule has 1 amide bonds. The third kappa shape index (κ3) is 7.12. The Morgan fingerprint density at radius 2 is 1.83 bits per heavy atom. The number of amides is 1. The Balaban J connectivity index is 0.000000426. The highest BCUT2D eigenvalue weighted by molar-refractivity contribution is 7.17. The van der Waals surface area contributed by atoms with E-state index in [2.05, 4.69) is 22.2 Å². The number of aryl methyl sites for hydroxylation is 1. The molecular weight excluding hydrogens is 399 g/mol. The van der Waals surface area contributed by atoms with Gasteiger partial charge in [0.15, 0.2) is 0 Å². The van der Waals surface area contributed by atoms with Crippen LogP contribution in [0.1, 0.15) is 53.5 Å². The second kappa shape index (κ2) is 10.7. The number of nitrogens with one attached hydrogen (secondary N) is 1. The van der Waals surface area contributed by atoms with E-state index < -0.39 is 11.7 Å². The molecule has 1 aromatic heterocycles. The SMILES string of the molecule is CCCCNC(=O)c1sc(-c2ccc(C(F)(F)F)cc2)nc1C.CN1CCCC1. The number of carbonyl (C=O) groups is 1. The number of alkyl halides is 3. The predicted molar refractivity (Wildman–Crippen MR) is 111 cm³/mol. The molecule has 1 fully saturated rings. The summed E-state index contributed by atoms with van der Waals surface area (Å²) in [6.07, 6.45) is 0.350. The lowest BCUT2D eigenvalue weighted by molar-refractivity contribution is -0.137. The van der Waals surface area contributed by atoms with Gasteiger partial charge < -0.3 is 10.2 Å². The number of aromatic nitrogens is 1. The molecule has 29 heavy (non-hydrogen) atoms. The predicted octanol–water partition coefficient (Wildman–Crippen LogP) is 5.38. The molecule has 0 atom stereocenters. The van der Waals surface area contributed by atoms with Crippen molar-refractivity contribution in [1.29, 1.82) is 0 Å². The van der Waals surface area contributed by atoms with Gasteiger partial charge >= 0.3 is 6.18 Å². The first-order valence-corrected chi connectivity index (χ1v) is 10.7. The van der Waals surface area contributed by atoms with Gasteiger partial charge in [0.2, 0.25) is 0 Å². The molecule has 0 bridgehead atoms. The highest BCUT2D eigenvalue weighted by Crippen LogP contribution is 2.32. The fraction of sp³-hybridized carbons (Fsp3) is 0.524. The zero-order valence-electron chi connectivity index (χ0n) is 17.1. The van der Waals surface area contributed by atoms with E-state index >= 15 is 0 Å². The number of hydrogen-bond acceptors (Lipinski definition) is 4. The van der Waals surface area contributed by atoms with Crippen LogP contribution in [-0.2, 0) is 6.18 Å². The van der Waals surface area contributed by atoms with E-state index in [1.807, 2.05) is 6.92 Å². The van der Waals surface area contributed by atoms with E-state index in [1.165, 1.54) is 49.4 Å². The van der Waals surface area contributed by atoms with Gasteiger partial charge in [-0.1, -0.05) is 25.5 Å². The van der Waals surface area contributed by atoms with Crippen LogP contribution >= 0.6 is 11.3 Å². The third-order valence-corrected chi connectivity index (χ3v) is 5.81. The molecule has 0 spiro atoms. The number of carbonyl (C=O) groups excluding carboxylic acids is 1. The molecule has 1 aromatic carbocycles. The fourth-order valence-electron chi connectivity index (χ4n) is 2.87. The Labute approximate surface area is 174 Å². The summed E-state index contributed by atoms with van der Waals surface area (Å²) in [4.78, 5) is 19.2. The molecule has 0 unspecified atom stereocenters. The summed E-state index contributed by atoms with van der Waals surface area (Å²) < 4.78 is 37.7. The lowest BCUT2D eigenvalue weighted by atomic mass is 10.1. The van der Waals surface area contributed by atoms with Crippen LogP contribution < -0.4 is 5.32 Å². The number of unbranched alkanes of at least 4 members (excludes halogenated alkanes) is 1. The molecule has 2 aromatic rings. The van der Waals surface area contributed by atoms with E-state index in [-0.39, 0.29) is 5.91 Å². The maximum Gasteiger partial charge on any atom is 0.416 e. The number of halogens is 3. The van der Waals surface area contributed by atoms with E-state index in [1.54, 1.807) is 6.92 Å². The Morgan fingerprint density at radius 1 is 1.21 bits per heavy atom. The van der Waals surface area contributed by atoms with Gasteiger partial charge in [-0.3, -0.25) is 4.79 Å². The minimum Gasteiger partial charge on any atom is -0.351 e. The lowest BCUT2D eigenvalue weighted by Gasteiger charge is -2.06. The molecule has 4 nitrogen and oxygen atoms in total. The van der Waals surface area contributed by atoms with Crippen LogP contribution in [-0.4, -0.2) is 42.5 Å². The minimum atomic E-state index is -4.36. The van der Waals surface area contributed by atoms with Crippen molar-refractivity contribution in [2.75, 3.05) is 26.7 Å². The van der Waals surface area contributed by atoms with Gasteiger partial charge in [-0.25, -0.2) is 4.98 Å². The highest BCUT2D eigenvalue weighted by Gasteiger charge is 2.30. The van der Waals surface area contributed by atoms with Crippen LogP contribution in [0.5, 0.6) is 0 Å². The van der Waals surface area contributed by atoms with Crippen molar-refractivity contribution in [2.24, 2.45) is 0 Å². The van der Waals surface area contributed by atoms with Gasteiger partial charge in [-0.15, -0.1) is 11.3 Å². The molecule has 1 aliphatic heterocycles. The van der Waals surface area contributed by atoms with Crippen LogP contribution in [0.4, 0.5) is 13.2 Å². The largest absolute Gasteiger partial charge is 0.416 e. The van der Waals surface area contributed by atoms with Crippen molar-refractivity contribution in [3.63, 3.8) is 0 Å². The number of benzene rings is 1. The maximum absolute atomic E-state index is 12.6. The lowest BCUT2D eigenvalue weighted by Crippen LogP contribution is -2.24. The minimum absolute atomic E-state index is 0.188. The summed E-state index contributed by atoms with van der Waals surface area (Å²) in [5.41, 5.74) is 0.449. The van der Waals surface area contributed by atoms with E-state index in [0.29, 0.717) is 27.7 Å². The molecule has 8 heteroatoms. The molecule has 0 saturated carbocycles. The van der Waals surface area contributed by atoms with Gasteiger partial charge in [0.25, 0.3) is 5.91 Å². The molecule has 0 radical (unpaired) electrons. The van der Waals surface area contributed by atoms with Crippen LogP contribution in [0.2, 0.25) is 0 Å². The van der Waals surface area contributed by atoms with Gasteiger partial charge in [-0.2, -0.15) is 13.2 Å². The smallest absolute Gasteiger partial charge is 0.351 e. The van der Waals surface area contributed by atoms with Crippen molar-refractivity contribution in [3.8, 4) is 10.6 Å². The number of rotatable bonds is 5. The summed E-state index contributed by atoms with van der Waals surface area (Å²) in [5, 5.41) is 3.36. The normalized spacial score (nSPS) is 14.4. The molecular formula is C21H28F3N3OS. The summed E-state index contributed by atoms with van der Waals surface area (Å²) in [5.74, 6) is -0.188. The number of thiazole rings is 1. The summed E-state index contributed by atoms with van der Waals surface area (Å²) in [6.45, 7) is 6.99. The van der Waals surface area contributed by atoms with Crippen molar-refractivity contribution < 1.29 is 18.0 Å². The quantitative estimate of drug-likeness (QED) is 0.652. The van der Waals surface area contributed by atoms with Gasteiger partial charge in [0, 0.05) is 12.1 Å². The zero-order valence-corrected chi connectivity index (χ0v) is 17.9. The average Bonchev–Trinajstić information content (AvgIpc) is 3.30. The van der Waals surface area contributed by atoms with Crippen molar-refractivity contribution >= 4 is 17.2 Å². The van der Waals surface area contributed by atoms with Gasteiger partial charge in [0.1, 0.15) is 9.88 Å². The standard InChI is InChI=1S/C16H17F3N2OS.C5H11N/c1-3-4-9-20-14(22)13-10(2)21-15(23-13)11-5-7-12(8-6-11)16(17,18)19;1-6-4-2-3-5-6/h5-8H,3-4,9H2,1-2H3,(H,20,22);2-5H2,1H3. The molecule has 1 saturated heterocycles. The number of nitrogens with zero attached hydrogens (tertiary/aromatic N) is 2. The Morgan fingerprint density at radius 3 is 2.31 bits per heavy atom. The molecule has 2 heterocycles. The highest BCUT2D eigenvalue weighted by atomic mass is 32.1. The fourth-order valence-corrected chi connectivity index (χ4v) is 3.85. The topological polar surface area (TPSA) is 45.2 Å². The van der Waals surface area contributed by atoms with Crippen molar-refractivity contribution in [3.05, 3.63) is 40.4 Å². The second-order valence-corrected chi connectivity index (χ2v) is 8.13. The first-order chi connectivity index (χ1) is 13.7. The van der Waals surface area contributed by atoms with Crippen LogP contribution in [0.3, 0.4) is 0 Å². The van der Waals surface area contributed by atoms with Crippen LogP contribution in [0, 0.1) is 6.92 Å². The van der Waals surface area contributed by atoms with Crippen molar-refractivity contribution in [2.45, 2.75) is 45.7 Å². The second-order valence-electron chi connectivity index (χ2n) is 7.13. The number of hydrogen-bond donors (Lipinski definition) is 1. The average molecular weight is 428 g/mol. The zero-order chi connectivity index (χ0) is 21.4. The van der Waals surface area contributed by atoms with Crippen LogP contribution in [0.25, 0.3) is 10.6 Å². The molecule has 160 valence electrons.